The first-order valence-corrected chi connectivity index (χ1v) is 6.04. The maximum absolute atomic E-state index is 9.00. The molecule has 2 N–H and O–H groups in total. The lowest BCUT2D eigenvalue weighted by molar-refractivity contribution is 0.239. The number of aliphatic hydroxyl groups is 1. The van der Waals surface area contributed by atoms with Gasteiger partial charge >= 0.3 is 0 Å². The molecule has 0 radical (unpaired) electrons. The van der Waals surface area contributed by atoms with Gasteiger partial charge in [0.15, 0.2) is 0 Å². The van der Waals surface area contributed by atoms with Gasteiger partial charge in [-0.15, -0.1) is 0 Å². The van der Waals surface area contributed by atoms with Gasteiger partial charge in [-0.05, 0) is 38.1 Å². The molecule has 0 saturated carbocycles. The van der Waals surface area contributed by atoms with Gasteiger partial charge in [-0.1, -0.05) is 11.6 Å². The number of halogens is 1. The van der Waals surface area contributed by atoms with Gasteiger partial charge < -0.3 is 14.8 Å². The highest BCUT2D eigenvalue weighted by Gasteiger charge is 2.13. The number of benzene rings is 1. The van der Waals surface area contributed by atoms with Crippen LogP contribution in [-0.4, -0.2) is 17.8 Å². The number of hydrogen-bond acceptors (Lipinski definition) is 3. The van der Waals surface area contributed by atoms with E-state index in [1.54, 1.807) is 0 Å². The second-order valence-corrected chi connectivity index (χ2v) is 4.74. The fraction of sp³-hybridized carbons (Fsp3) is 0.385. The Hall–Kier alpha value is -1.03. The third-order valence-corrected chi connectivity index (χ3v) is 2.97. The van der Waals surface area contributed by atoms with E-state index < -0.39 is 0 Å². The van der Waals surface area contributed by atoms with Gasteiger partial charge in [-0.2, -0.15) is 0 Å². The van der Waals surface area contributed by atoms with E-state index in [1.165, 1.54) is 0 Å². The van der Waals surface area contributed by atoms with Crippen LogP contribution in [0.1, 0.15) is 25.6 Å². The lowest BCUT2D eigenvalue weighted by Gasteiger charge is -2.15. The number of furan rings is 1. The molecular formula is C13H16ClNO2. The summed E-state index contributed by atoms with van der Waals surface area (Å²) < 4.78 is 5.73. The van der Waals surface area contributed by atoms with E-state index in [9.17, 15) is 0 Å². The van der Waals surface area contributed by atoms with Gasteiger partial charge in [-0.3, -0.25) is 0 Å². The van der Waals surface area contributed by atoms with E-state index >= 15 is 0 Å². The van der Waals surface area contributed by atoms with Crippen LogP contribution < -0.4 is 5.32 Å². The third kappa shape index (κ3) is 2.80. The van der Waals surface area contributed by atoms with Crippen LogP contribution in [0.2, 0.25) is 5.02 Å². The smallest absolute Gasteiger partial charge is 0.134 e. The molecule has 0 bridgehead atoms. The molecule has 0 aliphatic carbocycles. The van der Waals surface area contributed by atoms with Gasteiger partial charge in [0.25, 0.3) is 0 Å². The van der Waals surface area contributed by atoms with Crippen molar-refractivity contribution in [1.82, 2.24) is 5.32 Å². The van der Waals surface area contributed by atoms with Crippen molar-refractivity contribution in [2.45, 2.75) is 25.9 Å². The molecule has 2 atom stereocenters. The molecule has 0 aliphatic heterocycles. The SMILES string of the molecule is C[C@@H](CO)N[C@H](C)c1cc2cc(Cl)ccc2o1. The molecule has 1 aromatic heterocycles. The molecule has 0 saturated heterocycles. The molecule has 0 fully saturated rings. The molecule has 0 amide bonds. The Labute approximate surface area is 105 Å². The van der Waals surface area contributed by atoms with Gasteiger partial charge in [0.1, 0.15) is 11.3 Å². The average Bonchev–Trinajstić information content (AvgIpc) is 2.71. The van der Waals surface area contributed by atoms with E-state index in [1.807, 2.05) is 38.1 Å². The minimum Gasteiger partial charge on any atom is -0.459 e. The quantitative estimate of drug-likeness (QED) is 0.880. The predicted molar refractivity (Wildman–Crippen MR) is 69.3 cm³/mol. The van der Waals surface area contributed by atoms with Gasteiger partial charge in [0.05, 0.1) is 12.6 Å². The van der Waals surface area contributed by atoms with E-state index in [0.717, 1.165) is 16.7 Å². The monoisotopic (exact) mass is 253 g/mol. The van der Waals surface area contributed by atoms with Gasteiger partial charge in [0, 0.05) is 16.5 Å². The minimum atomic E-state index is 0.0433. The summed E-state index contributed by atoms with van der Waals surface area (Å²) in [6, 6.07) is 7.63. The molecule has 4 heteroatoms. The topological polar surface area (TPSA) is 45.4 Å². The van der Waals surface area contributed by atoms with E-state index in [-0.39, 0.29) is 18.7 Å². The molecular weight excluding hydrogens is 238 g/mol. The first-order valence-electron chi connectivity index (χ1n) is 5.66. The Morgan fingerprint density at radius 1 is 1.35 bits per heavy atom. The summed E-state index contributed by atoms with van der Waals surface area (Å²) in [5.41, 5.74) is 0.828. The Bertz CT molecular complexity index is 509. The van der Waals surface area contributed by atoms with E-state index in [4.69, 9.17) is 21.1 Å². The maximum atomic E-state index is 9.00. The molecule has 17 heavy (non-hydrogen) atoms. The fourth-order valence-corrected chi connectivity index (χ4v) is 1.99. The Kier molecular flexibility index (Phi) is 3.72. The summed E-state index contributed by atoms with van der Waals surface area (Å²) in [6.45, 7) is 4.04. The molecule has 1 heterocycles. The van der Waals surface area contributed by atoms with Crippen LogP contribution in [0, 0.1) is 0 Å². The third-order valence-electron chi connectivity index (χ3n) is 2.73. The highest BCUT2D eigenvalue weighted by Crippen LogP contribution is 2.26. The molecule has 2 aromatic rings. The van der Waals surface area contributed by atoms with Crippen molar-refractivity contribution in [3.05, 3.63) is 35.0 Å². The van der Waals surface area contributed by atoms with Crippen LogP contribution in [0.5, 0.6) is 0 Å². The summed E-state index contributed by atoms with van der Waals surface area (Å²) >= 11 is 5.92. The van der Waals surface area contributed by atoms with E-state index in [0.29, 0.717) is 5.02 Å². The van der Waals surface area contributed by atoms with Crippen molar-refractivity contribution in [1.29, 1.82) is 0 Å². The van der Waals surface area contributed by atoms with Crippen LogP contribution in [0.25, 0.3) is 11.0 Å². The van der Waals surface area contributed by atoms with Crippen molar-refractivity contribution in [3.8, 4) is 0 Å². The zero-order valence-corrected chi connectivity index (χ0v) is 10.7. The average molecular weight is 254 g/mol. The summed E-state index contributed by atoms with van der Waals surface area (Å²) in [7, 11) is 0. The van der Waals surface area contributed by atoms with Crippen molar-refractivity contribution in [2.75, 3.05) is 6.61 Å². The largest absolute Gasteiger partial charge is 0.459 e. The number of nitrogens with one attached hydrogen (secondary N) is 1. The normalized spacial score (nSPS) is 15.1. The molecule has 0 unspecified atom stereocenters. The van der Waals surface area contributed by atoms with Crippen molar-refractivity contribution in [2.24, 2.45) is 0 Å². The lowest BCUT2D eigenvalue weighted by atomic mass is 10.2. The lowest BCUT2D eigenvalue weighted by Crippen LogP contribution is -2.31. The number of rotatable bonds is 4. The van der Waals surface area contributed by atoms with Crippen molar-refractivity contribution >= 4 is 22.6 Å². The minimum absolute atomic E-state index is 0.0433. The van der Waals surface area contributed by atoms with Crippen LogP contribution in [0.3, 0.4) is 0 Å². The first kappa shape index (κ1) is 12.4. The Morgan fingerprint density at radius 3 is 2.82 bits per heavy atom. The fourth-order valence-electron chi connectivity index (χ4n) is 1.81. The highest BCUT2D eigenvalue weighted by atomic mass is 35.5. The van der Waals surface area contributed by atoms with Gasteiger partial charge in [0.2, 0.25) is 0 Å². The van der Waals surface area contributed by atoms with Crippen LogP contribution in [0.4, 0.5) is 0 Å². The first-order chi connectivity index (χ1) is 8.10. The number of hydrogen-bond donors (Lipinski definition) is 2. The Morgan fingerprint density at radius 2 is 2.12 bits per heavy atom. The Balaban J connectivity index is 2.24. The van der Waals surface area contributed by atoms with Crippen LogP contribution in [-0.2, 0) is 0 Å². The van der Waals surface area contributed by atoms with Crippen LogP contribution in [0.15, 0.2) is 28.7 Å². The van der Waals surface area contributed by atoms with E-state index in [2.05, 4.69) is 5.32 Å². The zero-order valence-electron chi connectivity index (χ0n) is 9.90. The van der Waals surface area contributed by atoms with Crippen molar-refractivity contribution in [3.63, 3.8) is 0 Å². The zero-order chi connectivity index (χ0) is 12.4. The molecule has 92 valence electrons. The predicted octanol–water partition coefficient (Wildman–Crippen LogP) is 3.12. The second kappa shape index (κ2) is 5.08. The van der Waals surface area contributed by atoms with Crippen LogP contribution >= 0.6 is 11.6 Å². The summed E-state index contributed by atoms with van der Waals surface area (Å²) in [4.78, 5) is 0. The number of fused-ring (bicyclic) bond motifs is 1. The highest BCUT2D eigenvalue weighted by molar-refractivity contribution is 6.31. The van der Waals surface area contributed by atoms with Crippen molar-refractivity contribution < 1.29 is 9.52 Å². The molecule has 0 aliphatic rings. The molecule has 3 nitrogen and oxygen atoms in total. The molecule has 2 rings (SSSR count). The molecule has 0 spiro atoms. The summed E-state index contributed by atoms with van der Waals surface area (Å²) in [5.74, 6) is 0.850. The summed E-state index contributed by atoms with van der Waals surface area (Å²) in [5, 5.41) is 13.9. The standard InChI is InChI=1S/C13H16ClNO2/c1-8(7-16)15-9(2)13-6-10-5-11(14)3-4-12(10)17-13/h3-6,8-9,15-16H,7H2,1-2H3/t8-,9+/m0/s1. The number of aliphatic hydroxyl groups excluding tert-OH is 1. The molecule has 1 aromatic carbocycles. The maximum Gasteiger partial charge on any atom is 0.134 e. The second-order valence-electron chi connectivity index (χ2n) is 4.30. The van der Waals surface area contributed by atoms with Gasteiger partial charge in [-0.25, -0.2) is 0 Å². The summed E-state index contributed by atoms with van der Waals surface area (Å²) in [6.07, 6.45) is 0.